The molecule has 2 saturated heterocycles. The van der Waals surface area contributed by atoms with E-state index in [-0.39, 0.29) is 34.6 Å². The topological polar surface area (TPSA) is 66.8 Å². The van der Waals surface area contributed by atoms with Gasteiger partial charge in [0.25, 0.3) is 5.91 Å². The van der Waals surface area contributed by atoms with E-state index in [0.717, 1.165) is 24.9 Å². The molecule has 0 N–H and O–H groups in total. The molecule has 0 spiro atoms. The van der Waals surface area contributed by atoms with Gasteiger partial charge < -0.3 is 4.90 Å². The highest BCUT2D eigenvalue weighted by molar-refractivity contribution is 8.16. The van der Waals surface area contributed by atoms with Crippen molar-refractivity contribution < 1.29 is 13.2 Å². The van der Waals surface area contributed by atoms with Gasteiger partial charge in [-0.15, -0.1) is 0 Å². The lowest BCUT2D eigenvalue weighted by atomic mass is 10.1. The maximum absolute atomic E-state index is 12.1. The first-order valence-electron chi connectivity index (χ1n) is 9.18. The third-order valence-electron chi connectivity index (χ3n) is 4.80. The number of carbonyl (C=O) groups excluding carboxylic acids is 1. The number of rotatable bonds is 5. The minimum atomic E-state index is -3.04. The number of hydrogen-bond acceptors (Lipinski definition) is 4. The largest absolute Gasteiger partial charge is 0.316 e. The van der Waals surface area contributed by atoms with E-state index in [2.05, 4.69) is 24.0 Å². The maximum atomic E-state index is 12.1. The van der Waals surface area contributed by atoms with E-state index in [1.807, 2.05) is 30.9 Å². The standard InChI is InChI=1S/C19H26N2O3S2/c1-4-5-6-14-7-9-15(10-8-14)21-16-11-26(23,24)12-17(16)25-19(21)20-18(22)13(2)3/h7-10,13,16-17H,4-6,11-12H2,1-3H3/t16-,17-/m0/s1. The van der Waals surface area contributed by atoms with Crippen LogP contribution < -0.4 is 4.90 Å². The van der Waals surface area contributed by atoms with Gasteiger partial charge in [0.1, 0.15) is 0 Å². The average Bonchev–Trinajstić information content (AvgIpc) is 3.04. The molecule has 0 aromatic heterocycles. The number of amidine groups is 1. The highest BCUT2D eigenvalue weighted by Crippen LogP contribution is 2.41. The smallest absolute Gasteiger partial charge is 0.250 e. The predicted molar refractivity (Wildman–Crippen MR) is 109 cm³/mol. The minimum Gasteiger partial charge on any atom is -0.316 e. The number of anilines is 1. The van der Waals surface area contributed by atoms with E-state index in [1.54, 1.807) is 0 Å². The van der Waals surface area contributed by atoms with Crippen LogP contribution in [0.15, 0.2) is 29.3 Å². The van der Waals surface area contributed by atoms with Crippen molar-refractivity contribution in [2.45, 2.75) is 51.3 Å². The number of aryl methyl sites for hydroxylation is 1. The first-order valence-corrected chi connectivity index (χ1v) is 11.9. The molecule has 1 aromatic carbocycles. The Morgan fingerprint density at radius 3 is 2.58 bits per heavy atom. The number of thioether (sulfide) groups is 1. The van der Waals surface area contributed by atoms with Crippen LogP contribution in [0.4, 0.5) is 5.69 Å². The molecule has 2 aliphatic heterocycles. The normalized spacial score (nSPS) is 25.8. The van der Waals surface area contributed by atoms with Gasteiger partial charge in [-0.05, 0) is 30.5 Å². The van der Waals surface area contributed by atoms with Gasteiger partial charge in [-0.2, -0.15) is 4.99 Å². The van der Waals surface area contributed by atoms with Crippen LogP contribution >= 0.6 is 11.8 Å². The summed E-state index contributed by atoms with van der Waals surface area (Å²) >= 11 is 1.43. The second-order valence-corrected chi connectivity index (χ2v) is 10.7. The number of aliphatic imine (C=N–C) groups is 1. The number of unbranched alkanes of at least 4 members (excludes halogenated alkanes) is 1. The van der Waals surface area contributed by atoms with Gasteiger partial charge in [0.05, 0.1) is 17.5 Å². The zero-order valence-corrected chi connectivity index (χ0v) is 17.1. The van der Waals surface area contributed by atoms with Crippen molar-refractivity contribution in [3.05, 3.63) is 29.8 Å². The maximum Gasteiger partial charge on any atom is 0.250 e. The number of sulfone groups is 1. The average molecular weight is 395 g/mol. The molecular weight excluding hydrogens is 368 g/mol. The highest BCUT2D eigenvalue weighted by Gasteiger charge is 2.49. The third-order valence-corrected chi connectivity index (χ3v) is 8.01. The lowest BCUT2D eigenvalue weighted by Gasteiger charge is -2.24. The monoisotopic (exact) mass is 394 g/mol. The van der Waals surface area contributed by atoms with Crippen LogP contribution in [0.1, 0.15) is 39.2 Å². The molecule has 2 fully saturated rings. The van der Waals surface area contributed by atoms with Crippen LogP contribution in [-0.4, -0.2) is 42.3 Å². The lowest BCUT2D eigenvalue weighted by Crippen LogP contribution is -2.37. The first kappa shape index (κ1) is 19.4. The Kier molecular flexibility index (Phi) is 5.77. The van der Waals surface area contributed by atoms with Gasteiger partial charge in [0, 0.05) is 16.9 Å². The summed E-state index contributed by atoms with van der Waals surface area (Å²) in [6.45, 7) is 5.82. The summed E-state index contributed by atoms with van der Waals surface area (Å²) in [5.41, 5.74) is 2.19. The summed E-state index contributed by atoms with van der Waals surface area (Å²) in [6, 6.07) is 8.08. The summed E-state index contributed by atoms with van der Waals surface area (Å²) in [5, 5.41) is 0.577. The molecule has 2 atom stereocenters. The molecule has 26 heavy (non-hydrogen) atoms. The van der Waals surface area contributed by atoms with Gasteiger partial charge in [-0.25, -0.2) is 8.42 Å². The number of benzene rings is 1. The molecule has 7 heteroatoms. The van der Waals surface area contributed by atoms with Crippen LogP contribution in [-0.2, 0) is 21.1 Å². The van der Waals surface area contributed by atoms with Crippen molar-refractivity contribution in [2.75, 3.05) is 16.4 Å². The number of fused-ring (bicyclic) bond motifs is 1. The lowest BCUT2D eigenvalue weighted by molar-refractivity contribution is -0.120. The molecule has 3 rings (SSSR count). The van der Waals surface area contributed by atoms with Crippen molar-refractivity contribution in [3.8, 4) is 0 Å². The fraction of sp³-hybridized carbons (Fsp3) is 0.579. The first-order chi connectivity index (χ1) is 12.3. The molecule has 0 bridgehead atoms. The Labute approximate surface area is 160 Å². The molecule has 142 valence electrons. The predicted octanol–water partition coefficient (Wildman–Crippen LogP) is 3.29. The van der Waals surface area contributed by atoms with Crippen molar-refractivity contribution in [1.82, 2.24) is 0 Å². The SMILES string of the molecule is CCCCc1ccc(N2C(=NC(=O)C(C)C)S[C@H]3CS(=O)(=O)C[C@@H]32)cc1. The van der Waals surface area contributed by atoms with Crippen LogP contribution in [0.3, 0.4) is 0 Å². The number of nitrogens with zero attached hydrogens (tertiary/aromatic N) is 2. The Morgan fingerprint density at radius 2 is 1.96 bits per heavy atom. The van der Waals surface area contributed by atoms with E-state index in [4.69, 9.17) is 0 Å². The zero-order valence-electron chi connectivity index (χ0n) is 15.5. The summed E-state index contributed by atoms with van der Waals surface area (Å²) < 4.78 is 24.2. The second kappa shape index (κ2) is 7.72. The van der Waals surface area contributed by atoms with E-state index < -0.39 is 9.84 Å². The van der Waals surface area contributed by atoms with Crippen molar-refractivity contribution in [3.63, 3.8) is 0 Å². The van der Waals surface area contributed by atoms with Crippen molar-refractivity contribution in [2.24, 2.45) is 10.9 Å². The molecule has 0 unspecified atom stereocenters. The summed E-state index contributed by atoms with van der Waals surface area (Å²) in [7, 11) is -3.04. The van der Waals surface area contributed by atoms with Crippen LogP contribution in [0.5, 0.6) is 0 Å². The summed E-state index contributed by atoms with van der Waals surface area (Å²) in [4.78, 5) is 18.4. The molecule has 1 aromatic rings. The van der Waals surface area contributed by atoms with Gasteiger partial charge in [0.15, 0.2) is 15.0 Å². The Hall–Kier alpha value is -1.34. The van der Waals surface area contributed by atoms with Crippen LogP contribution in [0, 0.1) is 5.92 Å². The third kappa shape index (κ3) is 4.14. The van der Waals surface area contributed by atoms with Crippen LogP contribution in [0.2, 0.25) is 0 Å². The number of amides is 1. The second-order valence-electron chi connectivity index (χ2n) is 7.33. The number of hydrogen-bond donors (Lipinski definition) is 0. The van der Waals surface area contributed by atoms with Gasteiger partial charge in [-0.3, -0.25) is 4.79 Å². The minimum absolute atomic E-state index is 0.0570. The Bertz CT molecular complexity index is 801. The van der Waals surface area contributed by atoms with Crippen molar-refractivity contribution >= 4 is 38.4 Å². The van der Waals surface area contributed by atoms with Crippen molar-refractivity contribution in [1.29, 1.82) is 0 Å². The number of carbonyl (C=O) groups is 1. The van der Waals surface area contributed by atoms with Gasteiger partial charge >= 0.3 is 0 Å². The molecule has 1 amide bonds. The summed E-state index contributed by atoms with van der Waals surface area (Å²) in [5.74, 6) is -0.0650. The molecule has 2 heterocycles. The molecule has 0 aliphatic carbocycles. The fourth-order valence-corrected chi connectivity index (χ4v) is 7.21. The molecule has 0 saturated carbocycles. The van der Waals surface area contributed by atoms with E-state index >= 15 is 0 Å². The van der Waals surface area contributed by atoms with Crippen LogP contribution in [0.25, 0.3) is 0 Å². The molecular formula is C19H26N2O3S2. The highest BCUT2D eigenvalue weighted by atomic mass is 32.2. The van der Waals surface area contributed by atoms with Gasteiger partial charge in [-0.1, -0.05) is 51.1 Å². The quantitative estimate of drug-likeness (QED) is 0.767. The Morgan fingerprint density at radius 1 is 1.27 bits per heavy atom. The van der Waals surface area contributed by atoms with E-state index in [0.29, 0.717) is 5.17 Å². The Balaban J connectivity index is 1.91. The van der Waals surface area contributed by atoms with E-state index in [1.165, 1.54) is 17.3 Å². The van der Waals surface area contributed by atoms with Gasteiger partial charge in [0.2, 0.25) is 0 Å². The molecule has 5 nitrogen and oxygen atoms in total. The van der Waals surface area contributed by atoms with E-state index in [9.17, 15) is 13.2 Å². The zero-order chi connectivity index (χ0) is 18.9. The fourth-order valence-electron chi connectivity index (χ4n) is 3.29. The molecule has 0 radical (unpaired) electrons. The molecule has 2 aliphatic rings. The summed E-state index contributed by atoms with van der Waals surface area (Å²) in [6.07, 6.45) is 3.34.